The molecule has 0 aliphatic carbocycles. The summed E-state index contributed by atoms with van der Waals surface area (Å²) in [5.41, 5.74) is 4.31. The van der Waals surface area contributed by atoms with Gasteiger partial charge in [0.1, 0.15) is 5.69 Å². The quantitative estimate of drug-likeness (QED) is 0.466. The number of aryl methyl sites for hydroxylation is 1. The molecule has 0 bridgehead atoms. The van der Waals surface area contributed by atoms with E-state index in [0.29, 0.717) is 43.1 Å². The minimum Gasteiger partial charge on any atom is -0.448 e. The highest BCUT2D eigenvalue weighted by Crippen LogP contribution is 2.25. The van der Waals surface area contributed by atoms with Gasteiger partial charge in [-0.05, 0) is 49.2 Å². The average molecular weight is 442 g/mol. The van der Waals surface area contributed by atoms with E-state index >= 15 is 0 Å². The molecular formula is C27H27N3O3. The van der Waals surface area contributed by atoms with E-state index in [1.54, 1.807) is 6.26 Å². The van der Waals surface area contributed by atoms with Crippen LogP contribution < -0.4 is 0 Å². The van der Waals surface area contributed by atoms with Crippen molar-refractivity contribution in [3.63, 3.8) is 0 Å². The van der Waals surface area contributed by atoms with Gasteiger partial charge in [0.05, 0.1) is 12.8 Å². The van der Waals surface area contributed by atoms with Crippen molar-refractivity contribution in [3.05, 3.63) is 95.4 Å². The van der Waals surface area contributed by atoms with Crippen molar-refractivity contribution in [2.75, 3.05) is 19.6 Å². The van der Waals surface area contributed by atoms with Crippen LogP contribution in [0.1, 0.15) is 38.9 Å². The first kappa shape index (κ1) is 21.1. The maximum absolute atomic E-state index is 13.6. The van der Waals surface area contributed by atoms with Gasteiger partial charge in [0, 0.05) is 36.6 Å². The van der Waals surface area contributed by atoms with Gasteiger partial charge in [-0.2, -0.15) is 0 Å². The van der Waals surface area contributed by atoms with Gasteiger partial charge in [-0.3, -0.25) is 9.59 Å². The number of piperazine rings is 1. The van der Waals surface area contributed by atoms with Gasteiger partial charge in [0.15, 0.2) is 0 Å². The second-order valence-electron chi connectivity index (χ2n) is 8.69. The largest absolute Gasteiger partial charge is 0.448 e. The molecule has 4 aromatic rings. The molecule has 0 radical (unpaired) electrons. The third-order valence-corrected chi connectivity index (χ3v) is 6.51. The minimum atomic E-state index is -0.0711. The lowest BCUT2D eigenvalue weighted by Gasteiger charge is -2.40. The second kappa shape index (κ2) is 8.62. The molecule has 0 N–H and O–H groups in total. The van der Waals surface area contributed by atoms with Crippen molar-refractivity contribution >= 4 is 22.9 Å². The van der Waals surface area contributed by atoms with Crippen molar-refractivity contribution in [1.29, 1.82) is 0 Å². The molecular weight excluding hydrogens is 414 g/mol. The number of furan rings is 1. The number of benzene rings is 2. The van der Waals surface area contributed by atoms with Crippen LogP contribution in [0.25, 0.3) is 11.1 Å². The third kappa shape index (κ3) is 3.93. The number of nitrogens with zero attached hydrogens (tertiary/aromatic N) is 3. The van der Waals surface area contributed by atoms with Crippen LogP contribution >= 0.6 is 0 Å². The lowest BCUT2D eigenvalue weighted by atomic mass is 10.1. The number of carbonyl (C=O) groups is 2. The van der Waals surface area contributed by atoms with Crippen molar-refractivity contribution < 1.29 is 14.0 Å². The summed E-state index contributed by atoms with van der Waals surface area (Å²) >= 11 is 0. The standard InChI is InChI=1S/C27H27N3O3/c1-19-8-6-7-11-23(19)18-30-24(16-22-12-15-33-27(22)30)26(32)28-13-14-29(20(2)17-28)25(31)21-9-4-3-5-10-21/h3-12,15-16,20H,13-14,17-18H2,1-2H3. The van der Waals surface area contributed by atoms with Gasteiger partial charge in [-0.25, -0.2) is 0 Å². The summed E-state index contributed by atoms with van der Waals surface area (Å²) in [4.78, 5) is 30.3. The monoisotopic (exact) mass is 441 g/mol. The summed E-state index contributed by atoms with van der Waals surface area (Å²) in [5.74, 6) is -0.0238. The summed E-state index contributed by atoms with van der Waals surface area (Å²) in [5, 5.41) is 0.915. The maximum Gasteiger partial charge on any atom is 0.270 e. The fourth-order valence-corrected chi connectivity index (χ4v) is 4.62. The van der Waals surface area contributed by atoms with Crippen molar-refractivity contribution in [3.8, 4) is 0 Å². The molecule has 33 heavy (non-hydrogen) atoms. The Morgan fingerprint density at radius 1 is 0.970 bits per heavy atom. The van der Waals surface area contributed by atoms with E-state index in [0.717, 1.165) is 10.9 Å². The average Bonchev–Trinajstić information content (AvgIpc) is 3.42. The van der Waals surface area contributed by atoms with Gasteiger partial charge in [-0.15, -0.1) is 0 Å². The van der Waals surface area contributed by atoms with Crippen molar-refractivity contribution in [2.45, 2.75) is 26.4 Å². The van der Waals surface area contributed by atoms with Crippen LogP contribution in [0.2, 0.25) is 0 Å². The third-order valence-electron chi connectivity index (χ3n) is 6.51. The molecule has 2 aromatic carbocycles. The molecule has 6 heteroatoms. The summed E-state index contributed by atoms with van der Waals surface area (Å²) in [6.07, 6.45) is 1.66. The first-order valence-electron chi connectivity index (χ1n) is 11.3. The molecule has 1 saturated heterocycles. The van der Waals surface area contributed by atoms with E-state index in [1.807, 2.05) is 75.9 Å². The van der Waals surface area contributed by atoms with E-state index in [4.69, 9.17) is 4.42 Å². The number of hydrogen-bond acceptors (Lipinski definition) is 3. The van der Waals surface area contributed by atoms with E-state index in [2.05, 4.69) is 19.1 Å². The topological polar surface area (TPSA) is 58.7 Å². The highest BCUT2D eigenvalue weighted by Gasteiger charge is 2.32. The van der Waals surface area contributed by atoms with Crippen molar-refractivity contribution in [2.24, 2.45) is 0 Å². The van der Waals surface area contributed by atoms with Crippen LogP contribution in [-0.4, -0.2) is 51.9 Å². The molecule has 1 unspecified atom stereocenters. The van der Waals surface area contributed by atoms with Gasteiger partial charge < -0.3 is 18.8 Å². The van der Waals surface area contributed by atoms with Crippen LogP contribution in [0.4, 0.5) is 0 Å². The first-order valence-corrected chi connectivity index (χ1v) is 11.3. The highest BCUT2D eigenvalue weighted by atomic mass is 16.3. The predicted octanol–water partition coefficient (Wildman–Crippen LogP) is 4.58. The fraction of sp³-hybridized carbons (Fsp3) is 0.259. The summed E-state index contributed by atoms with van der Waals surface area (Å²) in [6, 6.07) is 21.2. The Hall–Kier alpha value is -3.80. The Morgan fingerprint density at radius 3 is 2.48 bits per heavy atom. The zero-order valence-electron chi connectivity index (χ0n) is 18.9. The minimum absolute atomic E-state index is 0.00985. The molecule has 3 heterocycles. The fourth-order valence-electron chi connectivity index (χ4n) is 4.62. The molecule has 2 amide bonds. The Balaban J connectivity index is 1.38. The molecule has 1 aliphatic rings. The van der Waals surface area contributed by atoms with Crippen LogP contribution in [0, 0.1) is 6.92 Å². The number of fused-ring (bicyclic) bond motifs is 1. The van der Waals surface area contributed by atoms with Gasteiger partial charge in [-0.1, -0.05) is 42.5 Å². The van der Waals surface area contributed by atoms with Crippen LogP contribution in [0.3, 0.4) is 0 Å². The summed E-state index contributed by atoms with van der Waals surface area (Å²) < 4.78 is 7.70. The van der Waals surface area contributed by atoms with Crippen LogP contribution in [0.15, 0.2) is 77.4 Å². The molecule has 0 saturated carbocycles. The maximum atomic E-state index is 13.6. The Morgan fingerprint density at radius 2 is 1.73 bits per heavy atom. The molecule has 0 spiro atoms. The Kier molecular flexibility index (Phi) is 5.50. The Labute approximate surface area is 193 Å². The summed E-state index contributed by atoms with van der Waals surface area (Å²) in [6.45, 7) is 6.14. The van der Waals surface area contributed by atoms with Gasteiger partial charge in [0.2, 0.25) is 5.71 Å². The van der Waals surface area contributed by atoms with Gasteiger partial charge >= 0.3 is 0 Å². The predicted molar refractivity (Wildman–Crippen MR) is 127 cm³/mol. The van der Waals surface area contributed by atoms with Crippen molar-refractivity contribution in [1.82, 2.24) is 14.4 Å². The molecule has 5 rings (SSSR count). The number of rotatable bonds is 4. The lowest BCUT2D eigenvalue weighted by Crippen LogP contribution is -2.55. The highest BCUT2D eigenvalue weighted by molar-refractivity contribution is 5.98. The van der Waals surface area contributed by atoms with E-state index in [9.17, 15) is 9.59 Å². The molecule has 168 valence electrons. The van der Waals surface area contributed by atoms with E-state index in [1.165, 1.54) is 5.56 Å². The zero-order chi connectivity index (χ0) is 22.9. The van der Waals surface area contributed by atoms with Crippen LogP contribution in [-0.2, 0) is 6.54 Å². The van der Waals surface area contributed by atoms with E-state index < -0.39 is 0 Å². The first-order chi connectivity index (χ1) is 16.0. The smallest absolute Gasteiger partial charge is 0.270 e. The normalized spacial score (nSPS) is 16.4. The molecule has 2 aromatic heterocycles. The number of aromatic nitrogens is 1. The lowest BCUT2D eigenvalue weighted by molar-refractivity contribution is 0.0409. The summed E-state index contributed by atoms with van der Waals surface area (Å²) in [7, 11) is 0. The number of hydrogen-bond donors (Lipinski definition) is 0. The van der Waals surface area contributed by atoms with Gasteiger partial charge in [0.25, 0.3) is 11.8 Å². The molecule has 1 atom stereocenters. The molecule has 6 nitrogen and oxygen atoms in total. The number of amides is 2. The molecule has 1 fully saturated rings. The van der Waals surface area contributed by atoms with Crippen LogP contribution in [0.5, 0.6) is 0 Å². The second-order valence-corrected chi connectivity index (χ2v) is 8.69. The zero-order valence-corrected chi connectivity index (χ0v) is 18.9. The Bertz CT molecular complexity index is 1300. The molecule has 1 aliphatic heterocycles. The van der Waals surface area contributed by atoms with E-state index in [-0.39, 0.29) is 17.9 Å². The number of carbonyl (C=O) groups excluding carboxylic acids is 2. The SMILES string of the molecule is Cc1ccccc1Cn1c(C(=O)N2CCN(C(=O)c3ccccc3)C(C)C2)cc2ccoc21.